The fourth-order valence-electron chi connectivity index (χ4n) is 2.10. The molecule has 90 valence electrons. The number of aromatic nitrogens is 1. The largest absolute Gasteiger partial charge is 0.387 e. The predicted molar refractivity (Wildman–Crippen MR) is 73.1 cm³/mol. The molecule has 0 bridgehead atoms. The van der Waals surface area contributed by atoms with Crippen LogP contribution in [0.25, 0.3) is 10.9 Å². The van der Waals surface area contributed by atoms with E-state index in [0.717, 1.165) is 33.2 Å². The predicted octanol–water partition coefficient (Wildman–Crippen LogP) is 4.05. The lowest BCUT2D eigenvalue weighted by Crippen LogP contribution is -2.02. The van der Waals surface area contributed by atoms with Gasteiger partial charge in [-0.15, -0.1) is 0 Å². The summed E-state index contributed by atoms with van der Waals surface area (Å²) in [5.41, 5.74) is 3.37. The van der Waals surface area contributed by atoms with Crippen molar-refractivity contribution in [2.24, 2.45) is 0 Å². The number of nitrogens with zero attached hydrogens (tertiary/aromatic N) is 1. The standard InChI is InChI=1S/C13H14BrFN2/c1-4-10-7(2)12(16-3)11-8(14)5-6-9(15)13(11)17-10/h5-6H,4H2,1-3H3,(H,16,17). The molecule has 2 nitrogen and oxygen atoms in total. The molecule has 0 saturated carbocycles. The number of pyridine rings is 1. The Bertz CT molecular complexity index is 581. The summed E-state index contributed by atoms with van der Waals surface area (Å²) in [6.07, 6.45) is 0.794. The average Bonchev–Trinajstić information content (AvgIpc) is 2.33. The van der Waals surface area contributed by atoms with Crippen molar-refractivity contribution in [3.05, 3.63) is 33.7 Å². The molecule has 1 aromatic carbocycles. The van der Waals surface area contributed by atoms with Crippen LogP contribution in [0.1, 0.15) is 18.2 Å². The van der Waals surface area contributed by atoms with E-state index < -0.39 is 0 Å². The highest BCUT2D eigenvalue weighted by Crippen LogP contribution is 2.34. The van der Waals surface area contributed by atoms with Crippen LogP contribution in [0.5, 0.6) is 0 Å². The molecule has 1 aromatic heterocycles. The number of hydrogen-bond acceptors (Lipinski definition) is 2. The first-order valence-corrected chi connectivity index (χ1v) is 6.34. The number of aryl methyl sites for hydroxylation is 1. The molecule has 0 aliphatic carbocycles. The smallest absolute Gasteiger partial charge is 0.149 e. The Kier molecular flexibility index (Phi) is 3.33. The molecule has 0 saturated heterocycles. The summed E-state index contributed by atoms with van der Waals surface area (Å²) in [7, 11) is 1.85. The fraction of sp³-hybridized carbons (Fsp3) is 0.308. The van der Waals surface area contributed by atoms with E-state index in [9.17, 15) is 4.39 Å². The molecule has 0 radical (unpaired) electrons. The number of hydrogen-bond donors (Lipinski definition) is 1. The monoisotopic (exact) mass is 296 g/mol. The summed E-state index contributed by atoms with van der Waals surface area (Å²) >= 11 is 3.46. The first-order valence-electron chi connectivity index (χ1n) is 5.55. The number of nitrogens with one attached hydrogen (secondary N) is 1. The summed E-state index contributed by atoms with van der Waals surface area (Å²) < 4.78 is 14.7. The van der Waals surface area contributed by atoms with E-state index in [1.165, 1.54) is 6.07 Å². The van der Waals surface area contributed by atoms with Crippen LogP contribution in [0.3, 0.4) is 0 Å². The quantitative estimate of drug-likeness (QED) is 0.904. The molecule has 0 fully saturated rings. The Labute approximate surface area is 108 Å². The molecular weight excluding hydrogens is 283 g/mol. The van der Waals surface area contributed by atoms with Crippen molar-refractivity contribution >= 4 is 32.5 Å². The summed E-state index contributed by atoms with van der Waals surface area (Å²) in [6, 6.07) is 3.15. The molecule has 1 heterocycles. The maximum Gasteiger partial charge on any atom is 0.149 e. The normalized spacial score (nSPS) is 10.9. The van der Waals surface area contributed by atoms with Crippen LogP contribution in [-0.2, 0) is 6.42 Å². The van der Waals surface area contributed by atoms with E-state index >= 15 is 0 Å². The zero-order valence-electron chi connectivity index (χ0n) is 10.1. The molecule has 0 spiro atoms. The topological polar surface area (TPSA) is 24.9 Å². The number of halogens is 2. The summed E-state index contributed by atoms with van der Waals surface area (Å²) in [5.74, 6) is -0.283. The second-order valence-electron chi connectivity index (χ2n) is 3.91. The molecule has 0 atom stereocenters. The first-order chi connectivity index (χ1) is 8.10. The van der Waals surface area contributed by atoms with Gasteiger partial charge in [-0.1, -0.05) is 22.9 Å². The third-order valence-corrected chi connectivity index (χ3v) is 3.63. The van der Waals surface area contributed by atoms with Gasteiger partial charge in [-0.3, -0.25) is 0 Å². The number of anilines is 1. The second kappa shape index (κ2) is 4.61. The first kappa shape index (κ1) is 12.3. The fourth-order valence-corrected chi connectivity index (χ4v) is 2.61. The SMILES string of the molecule is CCc1nc2c(F)ccc(Br)c2c(NC)c1C. The molecule has 0 aliphatic rings. The Balaban J connectivity index is 2.97. The maximum absolute atomic E-state index is 13.8. The highest BCUT2D eigenvalue weighted by atomic mass is 79.9. The van der Waals surface area contributed by atoms with Crippen LogP contribution < -0.4 is 5.32 Å². The van der Waals surface area contributed by atoms with E-state index in [2.05, 4.69) is 26.2 Å². The molecule has 4 heteroatoms. The van der Waals surface area contributed by atoms with Crippen LogP contribution in [0.2, 0.25) is 0 Å². The van der Waals surface area contributed by atoms with Gasteiger partial charge in [0.1, 0.15) is 11.3 Å². The van der Waals surface area contributed by atoms with Gasteiger partial charge in [0.2, 0.25) is 0 Å². The third kappa shape index (κ3) is 1.90. The van der Waals surface area contributed by atoms with Crippen LogP contribution in [0.4, 0.5) is 10.1 Å². The lowest BCUT2D eigenvalue weighted by Gasteiger charge is -2.14. The van der Waals surface area contributed by atoms with Crippen molar-refractivity contribution in [2.75, 3.05) is 12.4 Å². The van der Waals surface area contributed by atoms with Crippen LogP contribution in [0.15, 0.2) is 16.6 Å². The van der Waals surface area contributed by atoms with Crippen LogP contribution >= 0.6 is 15.9 Å². The van der Waals surface area contributed by atoms with Gasteiger partial charge in [0.25, 0.3) is 0 Å². The van der Waals surface area contributed by atoms with Crippen molar-refractivity contribution in [1.29, 1.82) is 0 Å². The zero-order valence-corrected chi connectivity index (χ0v) is 11.7. The highest BCUT2D eigenvalue weighted by molar-refractivity contribution is 9.10. The Morgan fingerprint density at radius 3 is 2.71 bits per heavy atom. The van der Waals surface area contributed by atoms with Gasteiger partial charge in [0.05, 0.1) is 0 Å². The van der Waals surface area contributed by atoms with Crippen molar-refractivity contribution in [3.8, 4) is 0 Å². The molecular formula is C13H14BrFN2. The van der Waals surface area contributed by atoms with E-state index in [0.29, 0.717) is 5.52 Å². The van der Waals surface area contributed by atoms with Crippen molar-refractivity contribution < 1.29 is 4.39 Å². The second-order valence-corrected chi connectivity index (χ2v) is 4.77. The Hall–Kier alpha value is -1.16. The summed E-state index contributed by atoms with van der Waals surface area (Å²) in [6.45, 7) is 4.03. The van der Waals surface area contributed by atoms with Gasteiger partial charge in [-0.05, 0) is 31.0 Å². The molecule has 1 N–H and O–H groups in total. The molecule has 0 amide bonds. The van der Waals surface area contributed by atoms with Gasteiger partial charge in [0.15, 0.2) is 0 Å². The Morgan fingerprint density at radius 1 is 1.41 bits per heavy atom. The minimum absolute atomic E-state index is 0.283. The van der Waals surface area contributed by atoms with Gasteiger partial charge >= 0.3 is 0 Å². The van der Waals surface area contributed by atoms with E-state index in [1.54, 1.807) is 6.07 Å². The molecule has 2 aromatic rings. The lowest BCUT2D eigenvalue weighted by atomic mass is 10.1. The molecule has 2 rings (SSSR count). The third-order valence-electron chi connectivity index (χ3n) is 2.97. The molecule has 0 aliphatic heterocycles. The highest BCUT2D eigenvalue weighted by Gasteiger charge is 2.14. The zero-order chi connectivity index (χ0) is 12.6. The Morgan fingerprint density at radius 2 is 2.12 bits per heavy atom. The van der Waals surface area contributed by atoms with Crippen LogP contribution in [-0.4, -0.2) is 12.0 Å². The van der Waals surface area contributed by atoms with Crippen molar-refractivity contribution in [2.45, 2.75) is 20.3 Å². The van der Waals surface area contributed by atoms with Crippen molar-refractivity contribution in [1.82, 2.24) is 4.98 Å². The maximum atomic E-state index is 13.8. The average molecular weight is 297 g/mol. The van der Waals surface area contributed by atoms with Crippen molar-refractivity contribution in [3.63, 3.8) is 0 Å². The van der Waals surface area contributed by atoms with E-state index in [-0.39, 0.29) is 5.82 Å². The van der Waals surface area contributed by atoms with Crippen LogP contribution in [0, 0.1) is 12.7 Å². The van der Waals surface area contributed by atoms with Gasteiger partial charge in [0, 0.05) is 28.3 Å². The number of benzene rings is 1. The lowest BCUT2D eigenvalue weighted by molar-refractivity contribution is 0.636. The molecule has 0 unspecified atom stereocenters. The van der Waals surface area contributed by atoms with E-state index in [1.807, 2.05) is 20.9 Å². The minimum Gasteiger partial charge on any atom is -0.387 e. The molecule has 17 heavy (non-hydrogen) atoms. The summed E-state index contributed by atoms with van der Waals surface area (Å²) in [5, 5.41) is 3.95. The minimum atomic E-state index is -0.283. The van der Waals surface area contributed by atoms with Gasteiger partial charge < -0.3 is 5.32 Å². The number of fused-ring (bicyclic) bond motifs is 1. The summed E-state index contributed by atoms with van der Waals surface area (Å²) in [4.78, 5) is 4.42. The van der Waals surface area contributed by atoms with Gasteiger partial charge in [-0.2, -0.15) is 0 Å². The van der Waals surface area contributed by atoms with Gasteiger partial charge in [-0.25, -0.2) is 9.37 Å². The van der Waals surface area contributed by atoms with E-state index in [4.69, 9.17) is 0 Å². The number of rotatable bonds is 2.